The predicted octanol–water partition coefficient (Wildman–Crippen LogP) is 1.38. The lowest BCUT2D eigenvalue weighted by Crippen LogP contribution is -2.53. The van der Waals surface area contributed by atoms with Gasteiger partial charge in [-0.2, -0.15) is 0 Å². The third kappa shape index (κ3) is 5.74. The van der Waals surface area contributed by atoms with Gasteiger partial charge < -0.3 is 20.0 Å². The topological polar surface area (TPSA) is 51.2 Å². The van der Waals surface area contributed by atoms with Gasteiger partial charge in [-0.3, -0.25) is 4.79 Å². The molecular formula is C19H31N5O. The van der Waals surface area contributed by atoms with Crippen molar-refractivity contribution in [3.05, 3.63) is 35.4 Å². The molecule has 0 saturated carbocycles. The Labute approximate surface area is 151 Å². The third-order valence-electron chi connectivity index (χ3n) is 4.36. The summed E-state index contributed by atoms with van der Waals surface area (Å²) < 4.78 is 0. The summed E-state index contributed by atoms with van der Waals surface area (Å²) in [6.07, 6.45) is 0. The van der Waals surface area contributed by atoms with Crippen LogP contribution in [-0.2, 0) is 17.9 Å². The number of carbonyl (C=O) groups is 1. The van der Waals surface area contributed by atoms with Crippen molar-refractivity contribution in [3.63, 3.8) is 0 Å². The summed E-state index contributed by atoms with van der Waals surface area (Å²) >= 11 is 0. The fourth-order valence-corrected chi connectivity index (χ4v) is 3.03. The van der Waals surface area contributed by atoms with E-state index in [1.807, 2.05) is 4.90 Å². The summed E-state index contributed by atoms with van der Waals surface area (Å²) in [6.45, 7) is 9.31. The van der Waals surface area contributed by atoms with Crippen LogP contribution in [0.1, 0.15) is 25.0 Å². The number of rotatable bonds is 5. The van der Waals surface area contributed by atoms with Gasteiger partial charge in [-0.05, 0) is 32.1 Å². The van der Waals surface area contributed by atoms with E-state index in [2.05, 4.69) is 60.4 Å². The second-order valence-electron chi connectivity index (χ2n) is 6.67. The van der Waals surface area contributed by atoms with Crippen LogP contribution in [-0.4, -0.2) is 73.4 Å². The maximum absolute atomic E-state index is 11.5. The van der Waals surface area contributed by atoms with Gasteiger partial charge in [0.2, 0.25) is 5.91 Å². The molecule has 0 spiro atoms. The van der Waals surface area contributed by atoms with Crippen LogP contribution in [0.4, 0.5) is 0 Å². The van der Waals surface area contributed by atoms with Crippen molar-refractivity contribution in [2.45, 2.75) is 26.9 Å². The quantitative estimate of drug-likeness (QED) is 0.647. The monoisotopic (exact) mass is 345 g/mol. The Kier molecular flexibility index (Phi) is 7.25. The fraction of sp³-hybridized carbons (Fsp3) is 0.579. The van der Waals surface area contributed by atoms with Gasteiger partial charge in [0.1, 0.15) is 0 Å². The van der Waals surface area contributed by atoms with Crippen LogP contribution in [0.25, 0.3) is 0 Å². The molecule has 6 heteroatoms. The first-order valence-corrected chi connectivity index (χ1v) is 9.01. The lowest BCUT2D eigenvalue weighted by molar-refractivity contribution is -0.130. The Morgan fingerprint density at radius 2 is 1.72 bits per heavy atom. The summed E-state index contributed by atoms with van der Waals surface area (Å²) in [4.78, 5) is 22.7. The minimum absolute atomic E-state index is 0.152. The molecule has 25 heavy (non-hydrogen) atoms. The Morgan fingerprint density at radius 3 is 2.28 bits per heavy atom. The number of amides is 1. The zero-order valence-corrected chi connectivity index (χ0v) is 16.0. The highest BCUT2D eigenvalue weighted by molar-refractivity contribution is 5.80. The summed E-state index contributed by atoms with van der Waals surface area (Å²) in [7, 11) is 4.16. The van der Waals surface area contributed by atoms with E-state index in [-0.39, 0.29) is 5.91 Å². The first-order chi connectivity index (χ1) is 12.0. The van der Waals surface area contributed by atoms with Gasteiger partial charge >= 0.3 is 0 Å². The van der Waals surface area contributed by atoms with E-state index in [0.29, 0.717) is 6.54 Å². The smallest absolute Gasteiger partial charge is 0.219 e. The number of hydrogen-bond donors (Lipinski definition) is 1. The van der Waals surface area contributed by atoms with Crippen molar-refractivity contribution in [3.8, 4) is 0 Å². The van der Waals surface area contributed by atoms with Crippen molar-refractivity contribution in [1.82, 2.24) is 20.0 Å². The molecule has 1 heterocycles. The molecule has 0 aliphatic carbocycles. The van der Waals surface area contributed by atoms with E-state index in [4.69, 9.17) is 4.99 Å². The molecule has 6 nitrogen and oxygen atoms in total. The van der Waals surface area contributed by atoms with Crippen molar-refractivity contribution in [1.29, 1.82) is 0 Å². The largest absolute Gasteiger partial charge is 0.357 e. The van der Waals surface area contributed by atoms with Crippen LogP contribution in [0.3, 0.4) is 0 Å². The number of aliphatic imine (C=N–C) groups is 1. The van der Waals surface area contributed by atoms with Gasteiger partial charge in [0, 0.05) is 46.2 Å². The molecule has 1 fully saturated rings. The molecule has 1 aromatic rings. The summed E-state index contributed by atoms with van der Waals surface area (Å²) in [6, 6.07) is 8.48. The van der Waals surface area contributed by atoms with Crippen LogP contribution < -0.4 is 5.32 Å². The predicted molar refractivity (Wildman–Crippen MR) is 102 cm³/mol. The second kappa shape index (κ2) is 9.42. The van der Waals surface area contributed by atoms with Gasteiger partial charge in [0.15, 0.2) is 5.96 Å². The molecule has 0 atom stereocenters. The Bertz CT molecular complexity index is 591. The number of nitrogens with zero attached hydrogens (tertiary/aromatic N) is 4. The molecule has 1 aromatic carbocycles. The molecule has 1 saturated heterocycles. The number of benzene rings is 1. The molecular weight excluding hydrogens is 314 g/mol. The zero-order chi connectivity index (χ0) is 18.2. The van der Waals surface area contributed by atoms with Crippen LogP contribution in [0, 0.1) is 0 Å². The van der Waals surface area contributed by atoms with E-state index in [9.17, 15) is 4.79 Å². The van der Waals surface area contributed by atoms with Gasteiger partial charge in [-0.15, -0.1) is 0 Å². The number of hydrogen-bond acceptors (Lipinski definition) is 3. The van der Waals surface area contributed by atoms with Crippen LogP contribution >= 0.6 is 0 Å². The van der Waals surface area contributed by atoms with Crippen molar-refractivity contribution in [2.75, 3.05) is 46.8 Å². The summed E-state index contributed by atoms with van der Waals surface area (Å²) in [5.74, 6) is 1.09. The van der Waals surface area contributed by atoms with Crippen LogP contribution in [0.5, 0.6) is 0 Å². The van der Waals surface area contributed by atoms with Crippen LogP contribution in [0.2, 0.25) is 0 Å². The zero-order valence-electron chi connectivity index (χ0n) is 16.0. The van der Waals surface area contributed by atoms with Gasteiger partial charge in [-0.1, -0.05) is 24.3 Å². The van der Waals surface area contributed by atoms with Crippen molar-refractivity contribution >= 4 is 11.9 Å². The molecule has 138 valence electrons. The Balaban J connectivity index is 2.07. The lowest BCUT2D eigenvalue weighted by Gasteiger charge is -2.36. The normalized spacial score (nSPS) is 15.6. The molecule has 0 bridgehead atoms. The SMILES string of the molecule is CCNC(=NCc1ccccc1CN(C)C)N1CCN(C(C)=O)CC1. The van der Waals surface area contributed by atoms with Crippen molar-refractivity contribution in [2.24, 2.45) is 4.99 Å². The molecule has 1 amide bonds. The highest BCUT2D eigenvalue weighted by atomic mass is 16.2. The average molecular weight is 345 g/mol. The number of carbonyl (C=O) groups excluding carboxylic acids is 1. The van der Waals surface area contributed by atoms with Gasteiger partial charge in [0.25, 0.3) is 0 Å². The van der Waals surface area contributed by atoms with Crippen molar-refractivity contribution < 1.29 is 4.79 Å². The minimum Gasteiger partial charge on any atom is -0.357 e. The standard InChI is InChI=1S/C19H31N5O/c1-5-20-19(24-12-10-23(11-13-24)16(2)25)21-14-17-8-6-7-9-18(17)15-22(3)4/h6-9H,5,10-15H2,1-4H3,(H,20,21). The number of nitrogens with one attached hydrogen (secondary N) is 1. The highest BCUT2D eigenvalue weighted by Crippen LogP contribution is 2.12. The van der Waals surface area contributed by atoms with Crippen LogP contribution in [0.15, 0.2) is 29.3 Å². The third-order valence-corrected chi connectivity index (χ3v) is 4.36. The minimum atomic E-state index is 0.152. The fourth-order valence-electron chi connectivity index (χ4n) is 3.03. The molecule has 0 radical (unpaired) electrons. The van der Waals surface area contributed by atoms with Gasteiger partial charge in [-0.25, -0.2) is 4.99 Å². The molecule has 0 unspecified atom stereocenters. The lowest BCUT2D eigenvalue weighted by atomic mass is 10.1. The maximum atomic E-state index is 11.5. The first kappa shape index (κ1) is 19.2. The summed E-state index contributed by atoms with van der Waals surface area (Å²) in [5, 5.41) is 3.39. The maximum Gasteiger partial charge on any atom is 0.219 e. The number of piperazine rings is 1. The molecule has 1 N–H and O–H groups in total. The highest BCUT2D eigenvalue weighted by Gasteiger charge is 2.20. The molecule has 1 aliphatic heterocycles. The van der Waals surface area contributed by atoms with Gasteiger partial charge in [0.05, 0.1) is 6.54 Å². The van der Waals surface area contributed by atoms with E-state index >= 15 is 0 Å². The first-order valence-electron chi connectivity index (χ1n) is 9.01. The van der Waals surface area contributed by atoms with E-state index < -0.39 is 0 Å². The van der Waals surface area contributed by atoms with E-state index in [1.54, 1.807) is 6.92 Å². The summed E-state index contributed by atoms with van der Waals surface area (Å²) in [5.41, 5.74) is 2.57. The van der Waals surface area contributed by atoms with E-state index in [1.165, 1.54) is 11.1 Å². The number of guanidine groups is 1. The molecule has 2 rings (SSSR count). The second-order valence-corrected chi connectivity index (χ2v) is 6.67. The molecule has 0 aromatic heterocycles. The Hall–Kier alpha value is -2.08. The molecule has 1 aliphatic rings. The average Bonchev–Trinajstić information content (AvgIpc) is 2.59. The Morgan fingerprint density at radius 1 is 1.12 bits per heavy atom. The van der Waals surface area contributed by atoms with E-state index in [0.717, 1.165) is 45.2 Å².